The predicted octanol–water partition coefficient (Wildman–Crippen LogP) is 4.21. The second kappa shape index (κ2) is 8.60. The highest BCUT2D eigenvalue weighted by molar-refractivity contribution is 7.10. The van der Waals surface area contributed by atoms with Gasteiger partial charge in [0.1, 0.15) is 11.6 Å². The lowest BCUT2D eigenvalue weighted by atomic mass is 10.1. The van der Waals surface area contributed by atoms with Crippen LogP contribution in [0, 0.1) is 5.82 Å². The number of nitrogens with one attached hydrogen (secondary N) is 2. The van der Waals surface area contributed by atoms with E-state index in [0.717, 1.165) is 10.4 Å². The number of para-hydroxylation sites is 2. The van der Waals surface area contributed by atoms with Crippen LogP contribution in [-0.4, -0.2) is 19.6 Å². The summed E-state index contributed by atoms with van der Waals surface area (Å²) in [5.41, 5.74) is 1.52. The molecule has 2 aromatic carbocycles. The Kier molecular flexibility index (Phi) is 5.99. The minimum Gasteiger partial charge on any atom is -0.495 e. The Morgan fingerprint density at radius 1 is 1.12 bits per heavy atom. The lowest BCUT2D eigenvalue weighted by molar-refractivity contribution is -0.115. The van der Waals surface area contributed by atoms with Crippen LogP contribution < -0.4 is 15.4 Å². The standard InChI is InChI=1S/C20H19FN2O2S/c1-25-17-6-3-2-5-16(17)23-19(24)13-22-20(18-7-4-12-26-18)14-8-10-15(21)11-9-14/h2-12,20,22H,13H2,1H3,(H,23,24)/t20-/m0/s1. The van der Waals surface area contributed by atoms with Gasteiger partial charge in [-0.25, -0.2) is 4.39 Å². The fourth-order valence-corrected chi connectivity index (χ4v) is 3.46. The topological polar surface area (TPSA) is 50.4 Å². The molecule has 0 spiro atoms. The van der Waals surface area contributed by atoms with Gasteiger partial charge >= 0.3 is 0 Å². The van der Waals surface area contributed by atoms with Gasteiger partial charge in [-0.3, -0.25) is 10.1 Å². The van der Waals surface area contributed by atoms with Crippen molar-refractivity contribution < 1.29 is 13.9 Å². The molecular formula is C20H19FN2O2S. The van der Waals surface area contributed by atoms with Gasteiger partial charge in [-0.15, -0.1) is 11.3 Å². The van der Waals surface area contributed by atoms with E-state index in [2.05, 4.69) is 10.6 Å². The van der Waals surface area contributed by atoms with E-state index in [1.165, 1.54) is 12.1 Å². The Labute approximate surface area is 155 Å². The van der Waals surface area contributed by atoms with Gasteiger partial charge in [0.2, 0.25) is 5.91 Å². The maximum absolute atomic E-state index is 13.2. The lowest BCUT2D eigenvalue weighted by Gasteiger charge is -2.18. The van der Waals surface area contributed by atoms with Crippen molar-refractivity contribution in [2.45, 2.75) is 6.04 Å². The Balaban J connectivity index is 1.70. The first-order chi connectivity index (χ1) is 12.7. The highest BCUT2D eigenvalue weighted by Gasteiger charge is 2.17. The Bertz CT molecular complexity index is 851. The molecule has 134 valence electrons. The monoisotopic (exact) mass is 370 g/mol. The molecule has 26 heavy (non-hydrogen) atoms. The third-order valence-corrected chi connectivity index (χ3v) is 4.82. The van der Waals surface area contributed by atoms with Gasteiger partial charge in [0.25, 0.3) is 0 Å². The van der Waals surface area contributed by atoms with E-state index in [4.69, 9.17) is 4.74 Å². The van der Waals surface area contributed by atoms with E-state index < -0.39 is 0 Å². The molecule has 3 rings (SSSR count). The van der Waals surface area contributed by atoms with Gasteiger partial charge in [-0.2, -0.15) is 0 Å². The SMILES string of the molecule is COc1ccccc1NC(=O)CN[C@@H](c1ccc(F)cc1)c1cccs1. The molecule has 2 N–H and O–H groups in total. The minimum absolute atomic E-state index is 0.109. The largest absolute Gasteiger partial charge is 0.495 e. The van der Waals surface area contributed by atoms with Crippen molar-refractivity contribution in [1.29, 1.82) is 0 Å². The van der Waals surface area contributed by atoms with Crippen molar-refractivity contribution in [2.24, 2.45) is 0 Å². The average Bonchev–Trinajstić information content (AvgIpc) is 3.18. The number of rotatable bonds is 7. The number of thiophene rings is 1. The second-order valence-corrected chi connectivity index (χ2v) is 6.61. The summed E-state index contributed by atoms with van der Waals surface area (Å²) in [5.74, 6) is 0.139. The Morgan fingerprint density at radius 3 is 2.58 bits per heavy atom. The molecule has 3 aromatic rings. The fourth-order valence-electron chi connectivity index (χ4n) is 2.63. The van der Waals surface area contributed by atoms with Gasteiger partial charge in [0.05, 0.1) is 25.4 Å². The quantitative estimate of drug-likeness (QED) is 0.655. The van der Waals surface area contributed by atoms with Crippen molar-refractivity contribution in [3.63, 3.8) is 0 Å². The number of carbonyl (C=O) groups excluding carboxylic acids is 1. The van der Waals surface area contributed by atoms with Crippen molar-refractivity contribution in [2.75, 3.05) is 19.0 Å². The third-order valence-electron chi connectivity index (χ3n) is 3.88. The zero-order chi connectivity index (χ0) is 18.4. The van der Waals surface area contributed by atoms with Gasteiger partial charge in [0, 0.05) is 4.88 Å². The van der Waals surface area contributed by atoms with Crippen LogP contribution in [0.5, 0.6) is 5.75 Å². The highest BCUT2D eigenvalue weighted by Crippen LogP contribution is 2.26. The van der Waals surface area contributed by atoms with Crippen LogP contribution in [0.25, 0.3) is 0 Å². The zero-order valence-corrected chi connectivity index (χ0v) is 15.1. The second-order valence-electron chi connectivity index (χ2n) is 5.63. The fraction of sp³-hybridized carbons (Fsp3) is 0.150. The van der Waals surface area contributed by atoms with E-state index in [-0.39, 0.29) is 24.3 Å². The summed E-state index contributed by atoms with van der Waals surface area (Å²) >= 11 is 1.58. The van der Waals surface area contributed by atoms with Crippen LogP contribution in [0.2, 0.25) is 0 Å². The van der Waals surface area contributed by atoms with Crippen molar-refractivity contribution in [1.82, 2.24) is 5.32 Å². The van der Waals surface area contributed by atoms with E-state index in [0.29, 0.717) is 11.4 Å². The van der Waals surface area contributed by atoms with Crippen molar-refractivity contribution in [3.05, 3.63) is 82.3 Å². The first kappa shape index (κ1) is 18.1. The van der Waals surface area contributed by atoms with Crippen LogP contribution in [-0.2, 0) is 4.79 Å². The summed E-state index contributed by atoms with van der Waals surface area (Å²) in [6.07, 6.45) is 0. The molecule has 0 radical (unpaired) electrons. The number of anilines is 1. The first-order valence-electron chi connectivity index (χ1n) is 8.12. The number of halogens is 1. The first-order valence-corrected chi connectivity index (χ1v) is 9.00. The van der Waals surface area contributed by atoms with Gasteiger partial charge in [-0.05, 0) is 41.3 Å². The molecule has 0 saturated heterocycles. The molecule has 0 aliphatic heterocycles. The molecule has 0 bridgehead atoms. The number of methoxy groups -OCH3 is 1. The highest BCUT2D eigenvalue weighted by atomic mass is 32.1. The van der Waals surface area contributed by atoms with Crippen molar-refractivity contribution in [3.8, 4) is 5.75 Å². The summed E-state index contributed by atoms with van der Waals surface area (Å²) < 4.78 is 18.5. The maximum atomic E-state index is 13.2. The normalized spacial score (nSPS) is 11.8. The Morgan fingerprint density at radius 2 is 1.88 bits per heavy atom. The smallest absolute Gasteiger partial charge is 0.238 e. The molecule has 0 unspecified atom stereocenters. The number of amides is 1. The van der Waals surface area contributed by atoms with Crippen LogP contribution in [0.3, 0.4) is 0 Å². The average molecular weight is 370 g/mol. The number of ether oxygens (including phenoxy) is 1. The van der Waals surface area contributed by atoms with Crippen LogP contribution >= 0.6 is 11.3 Å². The number of benzene rings is 2. The van der Waals surface area contributed by atoms with Gasteiger partial charge in [-0.1, -0.05) is 30.3 Å². The van der Waals surface area contributed by atoms with E-state index in [1.807, 2.05) is 29.6 Å². The molecule has 4 nitrogen and oxygen atoms in total. The molecule has 1 atom stereocenters. The molecule has 0 saturated carbocycles. The van der Waals surface area contributed by atoms with Crippen LogP contribution in [0.15, 0.2) is 66.0 Å². The summed E-state index contributed by atoms with van der Waals surface area (Å²) in [5, 5.41) is 8.06. The summed E-state index contributed by atoms with van der Waals surface area (Å²) in [6, 6.07) is 17.3. The molecule has 1 heterocycles. The van der Waals surface area contributed by atoms with Crippen LogP contribution in [0.1, 0.15) is 16.5 Å². The third kappa shape index (κ3) is 4.47. The molecular weight excluding hydrogens is 351 g/mol. The van der Waals surface area contributed by atoms with E-state index in [1.54, 1.807) is 42.7 Å². The molecule has 1 aromatic heterocycles. The van der Waals surface area contributed by atoms with Crippen LogP contribution in [0.4, 0.5) is 10.1 Å². The van der Waals surface area contributed by atoms with E-state index in [9.17, 15) is 9.18 Å². The summed E-state index contributed by atoms with van der Waals surface area (Å²) in [4.78, 5) is 13.4. The number of hydrogen-bond donors (Lipinski definition) is 2. The number of hydrogen-bond acceptors (Lipinski definition) is 4. The van der Waals surface area contributed by atoms with Gasteiger partial charge in [0.15, 0.2) is 0 Å². The Hall–Kier alpha value is -2.70. The van der Waals surface area contributed by atoms with E-state index >= 15 is 0 Å². The predicted molar refractivity (Wildman–Crippen MR) is 102 cm³/mol. The number of carbonyl (C=O) groups is 1. The lowest BCUT2D eigenvalue weighted by Crippen LogP contribution is -2.31. The molecule has 6 heteroatoms. The van der Waals surface area contributed by atoms with Gasteiger partial charge < -0.3 is 10.1 Å². The molecule has 0 aliphatic rings. The molecule has 0 aliphatic carbocycles. The zero-order valence-electron chi connectivity index (χ0n) is 14.2. The summed E-state index contributed by atoms with van der Waals surface area (Å²) in [7, 11) is 1.56. The molecule has 1 amide bonds. The summed E-state index contributed by atoms with van der Waals surface area (Å²) in [6.45, 7) is 0.109. The minimum atomic E-state index is -0.285. The van der Waals surface area contributed by atoms with Crippen molar-refractivity contribution >= 4 is 22.9 Å². The maximum Gasteiger partial charge on any atom is 0.238 e. The molecule has 0 fully saturated rings.